The highest BCUT2D eigenvalue weighted by Crippen LogP contribution is 2.52. The number of para-hydroxylation sites is 1. The van der Waals surface area contributed by atoms with Gasteiger partial charge in [0.25, 0.3) is 0 Å². The molecule has 3 aliphatic rings. The first-order valence-corrected chi connectivity index (χ1v) is 8.93. The van der Waals surface area contributed by atoms with Gasteiger partial charge in [0.05, 0.1) is 12.6 Å². The quantitative estimate of drug-likeness (QED) is 0.658. The highest BCUT2D eigenvalue weighted by Gasteiger charge is 2.59. The van der Waals surface area contributed by atoms with E-state index in [1.54, 1.807) is 0 Å². The lowest BCUT2D eigenvalue weighted by atomic mass is 9.57. The first-order valence-electron chi connectivity index (χ1n) is 8.93. The molecule has 5 heteroatoms. The minimum absolute atomic E-state index is 0.152. The number of nitrogens with zero attached hydrogens (tertiary/aromatic N) is 1. The van der Waals surface area contributed by atoms with Gasteiger partial charge in [-0.25, -0.2) is 0 Å². The molecule has 2 fully saturated rings. The van der Waals surface area contributed by atoms with Crippen molar-refractivity contribution in [1.82, 2.24) is 10.6 Å². The normalized spacial score (nSPS) is 33.2. The number of hydrogen-bond acceptors (Lipinski definition) is 3. The first kappa shape index (κ1) is 15.8. The Hall–Kier alpha value is -1.75. The van der Waals surface area contributed by atoms with E-state index < -0.39 is 0 Å². The van der Waals surface area contributed by atoms with Crippen molar-refractivity contribution >= 4 is 5.96 Å². The summed E-state index contributed by atoms with van der Waals surface area (Å²) < 4.78 is 11.9. The van der Waals surface area contributed by atoms with E-state index in [1.165, 1.54) is 5.56 Å². The number of guanidine groups is 1. The summed E-state index contributed by atoms with van der Waals surface area (Å²) in [4.78, 5) is 4.40. The molecule has 1 aromatic carbocycles. The summed E-state index contributed by atoms with van der Waals surface area (Å²) >= 11 is 0. The predicted molar refractivity (Wildman–Crippen MR) is 94.5 cm³/mol. The molecular formula is C19H27N3O2. The zero-order chi connectivity index (χ0) is 16.7. The van der Waals surface area contributed by atoms with Gasteiger partial charge in [-0.2, -0.15) is 0 Å². The summed E-state index contributed by atoms with van der Waals surface area (Å²) in [7, 11) is 1.83. The zero-order valence-corrected chi connectivity index (χ0v) is 14.7. The molecule has 4 rings (SSSR count). The monoisotopic (exact) mass is 329 g/mol. The maximum atomic E-state index is 5.99. The summed E-state index contributed by atoms with van der Waals surface area (Å²) in [5, 5.41) is 7.05. The summed E-state index contributed by atoms with van der Waals surface area (Å²) in [5.41, 5.74) is 1.44. The summed E-state index contributed by atoms with van der Waals surface area (Å²) in [5.74, 6) is 2.47. The Morgan fingerprint density at radius 3 is 2.96 bits per heavy atom. The zero-order valence-electron chi connectivity index (χ0n) is 14.7. The largest absolute Gasteiger partial charge is 0.488 e. The fourth-order valence-corrected chi connectivity index (χ4v) is 4.54. The van der Waals surface area contributed by atoms with Gasteiger partial charge in [-0.15, -0.1) is 0 Å². The lowest BCUT2D eigenvalue weighted by molar-refractivity contribution is -0.106. The Bertz CT molecular complexity index is 618. The molecule has 0 spiro atoms. The number of benzene rings is 1. The minimum atomic E-state index is 0.152. The number of rotatable bonds is 3. The van der Waals surface area contributed by atoms with Crippen LogP contribution >= 0.6 is 0 Å². The lowest BCUT2D eigenvalue weighted by Crippen LogP contribution is -2.68. The third-order valence-electron chi connectivity index (χ3n) is 5.83. The third-order valence-corrected chi connectivity index (χ3v) is 5.83. The van der Waals surface area contributed by atoms with Crippen molar-refractivity contribution in [2.75, 3.05) is 20.2 Å². The molecule has 2 heterocycles. The Morgan fingerprint density at radius 1 is 1.33 bits per heavy atom. The molecule has 4 unspecified atom stereocenters. The van der Waals surface area contributed by atoms with Crippen LogP contribution in [0, 0.1) is 11.3 Å². The molecule has 5 nitrogen and oxygen atoms in total. The Morgan fingerprint density at radius 2 is 2.17 bits per heavy atom. The van der Waals surface area contributed by atoms with E-state index in [1.807, 2.05) is 19.2 Å². The fourth-order valence-electron chi connectivity index (χ4n) is 4.54. The van der Waals surface area contributed by atoms with E-state index in [9.17, 15) is 0 Å². The van der Waals surface area contributed by atoms with Gasteiger partial charge in [0.2, 0.25) is 0 Å². The highest BCUT2D eigenvalue weighted by molar-refractivity contribution is 5.80. The van der Waals surface area contributed by atoms with Crippen LogP contribution in [0.15, 0.2) is 29.3 Å². The van der Waals surface area contributed by atoms with Crippen LogP contribution in [0.3, 0.4) is 0 Å². The van der Waals surface area contributed by atoms with Gasteiger partial charge in [0.1, 0.15) is 11.9 Å². The van der Waals surface area contributed by atoms with Gasteiger partial charge in [-0.3, -0.25) is 4.99 Å². The van der Waals surface area contributed by atoms with E-state index >= 15 is 0 Å². The summed E-state index contributed by atoms with van der Waals surface area (Å²) in [6.45, 7) is 6.20. The second kappa shape index (κ2) is 5.96. The minimum Gasteiger partial charge on any atom is -0.488 e. The smallest absolute Gasteiger partial charge is 0.191 e. The predicted octanol–water partition coefficient (Wildman–Crippen LogP) is 1.97. The molecule has 1 saturated carbocycles. The SMILES string of the molecule is CN=C(NCC1Cc2ccccc2O1)NC1C2CCOC2C1(C)C. The molecule has 1 aliphatic carbocycles. The maximum Gasteiger partial charge on any atom is 0.191 e. The Balaban J connectivity index is 1.32. The van der Waals surface area contributed by atoms with Gasteiger partial charge >= 0.3 is 0 Å². The maximum absolute atomic E-state index is 5.99. The number of hydrogen-bond donors (Lipinski definition) is 2. The van der Waals surface area contributed by atoms with Gasteiger partial charge in [0.15, 0.2) is 5.96 Å². The highest BCUT2D eigenvalue weighted by atomic mass is 16.5. The molecular weight excluding hydrogens is 302 g/mol. The van der Waals surface area contributed by atoms with E-state index in [2.05, 4.69) is 41.6 Å². The second-order valence-corrected chi connectivity index (χ2v) is 7.69. The topological polar surface area (TPSA) is 54.9 Å². The van der Waals surface area contributed by atoms with Crippen LogP contribution in [0.2, 0.25) is 0 Å². The molecule has 2 aliphatic heterocycles. The summed E-state index contributed by atoms with van der Waals surface area (Å²) in [6.07, 6.45) is 2.65. The van der Waals surface area contributed by atoms with Gasteiger partial charge in [-0.1, -0.05) is 32.0 Å². The molecule has 1 aromatic rings. The Labute approximate surface area is 143 Å². The van der Waals surface area contributed by atoms with Crippen LogP contribution in [0.25, 0.3) is 0 Å². The van der Waals surface area contributed by atoms with E-state index in [-0.39, 0.29) is 11.5 Å². The number of ether oxygens (including phenoxy) is 2. The molecule has 130 valence electrons. The molecule has 2 N–H and O–H groups in total. The first-order chi connectivity index (χ1) is 11.6. The lowest BCUT2D eigenvalue weighted by Gasteiger charge is -2.54. The van der Waals surface area contributed by atoms with Gasteiger partial charge < -0.3 is 20.1 Å². The second-order valence-electron chi connectivity index (χ2n) is 7.69. The Kier molecular flexibility index (Phi) is 3.91. The van der Waals surface area contributed by atoms with Crippen LogP contribution in [-0.2, 0) is 11.2 Å². The van der Waals surface area contributed by atoms with E-state index in [0.29, 0.717) is 18.1 Å². The molecule has 24 heavy (non-hydrogen) atoms. The van der Waals surface area contributed by atoms with Crippen molar-refractivity contribution in [3.63, 3.8) is 0 Å². The van der Waals surface area contributed by atoms with Crippen molar-refractivity contribution in [2.24, 2.45) is 16.3 Å². The molecule has 0 aromatic heterocycles. The summed E-state index contributed by atoms with van der Waals surface area (Å²) in [6, 6.07) is 8.68. The van der Waals surface area contributed by atoms with Crippen molar-refractivity contribution in [3.8, 4) is 5.75 Å². The third kappa shape index (κ3) is 2.55. The van der Waals surface area contributed by atoms with Crippen LogP contribution < -0.4 is 15.4 Å². The average Bonchev–Trinajstić information content (AvgIpc) is 3.19. The molecule has 4 atom stereocenters. The van der Waals surface area contributed by atoms with Gasteiger partial charge in [0, 0.05) is 37.5 Å². The molecule has 0 bridgehead atoms. The van der Waals surface area contributed by atoms with Crippen molar-refractivity contribution in [3.05, 3.63) is 29.8 Å². The fraction of sp³-hybridized carbons (Fsp3) is 0.632. The van der Waals surface area contributed by atoms with Crippen molar-refractivity contribution < 1.29 is 9.47 Å². The van der Waals surface area contributed by atoms with Crippen LogP contribution in [0.4, 0.5) is 0 Å². The molecule has 0 radical (unpaired) electrons. The van der Waals surface area contributed by atoms with Crippen LogP contribution in [0.5, 0.6) is 5.75 Å². The van der Waals surface area contributed by atoms with Gasteiger partial charge in [-0.05, 0) is 18.1 Å². The average molecular weight is 329 g/mol. The van der Waals surface area contributed by atoms with Crippen LogP contribution in [-0.4, -0.2) is 44.4 Å². The van der Waals surface area contributed by atoms with E-state index in [0.717, 1.165) is 37.7 Å². The number of aliphatic imine (C=N–C) groups is 1. The van der Waals surface area contributed by atoms with Crippen molar-refractivity contribution in [2.45, 2.75) is 44.9 Å². The number of nitrogens with one attached hydrogen (secondary N) is 2. The standard InChI is InChI=1S/C19H27N3O2/c1-19(2)16(14-8-9-23-17(14)19)22-18(20-3)21-11-13-10-12-6-4-5-7-15(12)24-13/h4-7,13-14,16-17H,8-11H2,1-3H3,(H2,20,21,22). The van der Waals surface area contributed by atoms with E-state index in [4.69, 9.17) is 9.47 Å². The molecule has 1 saturated heterocycles. The molecule has 0 amide bonds. The van der Waals surface area contributed by atoms with Crippen molar-refractivity contribution in [1.29, 1.82) is 0 Å². The number of fused-ring (bicyclic) bond motifs is 2. The van der Waals surface area contributed by atoms with Crippen LogP contribution in [0.1, 0.15) is 25.8 Å².